The molecule has 0 fully saturated rings. The fourth-order valence-electron chi connectivity index (χ4n) is 1.66. The van der Waals surface area contributed by atoms with Crippen LogP contribution < -0.4 is 10.6 Å². The number of anilines is 1. The second-order valence-corrected chi connectivity index (χ2v) is 5.95. The summed E-state index contributed by atoms with van der Waals surface area (Å²) < 4.78 is 0. The molecule has 0 bridgehead atoms. The van der Waals surface area contributed by atoms with E-state index >= 15 is 0 Å². The number of hydrogen-bond acceptors (Lipinski definition) is 2. The summed E-state index contributed by atoms with van der Waals surface area (Å²) in [7, 11) is 0. The number of aryl methyl sites for hydroxylation is 1. The normalized spacial score (nSPS) is 10.2. The third kappa shape index (κ3) is 5.19. The second-order valence-electron chi connectivity index (χ2n) is 4.07. The standard InChI is InChI=1S/C14H15ClN2S2/c15-11-4-1-5-12(10-11)17-14(18)16-8-2-6-13-7-3-9-19-13/h1,3-5,7,9-10H,2,6,8H2,(H2,16,17,18). The van der Waals surface area contributed by atoms with Crippen molar-refractivity contribution in [2.75, 3.05) is 11.9 Å². The van der Waals surface area contributed by atoms with E-state index in [0.29, 0.717) is 10.1 Å². The van der Waals surface area contributed by atoms with Gasteiger partial charge in [0.05, 0.1) is 0 Å². The Labute approximate surface area is 127 Å². The molecule has 0 aliphatic rings. The van der Waals surface area contributed by atoms with Gasteiger partial charge in [0.2, 0.25) is 0 Å². The molecule has 0 unspecified atom stereocenters. The molecule has 2 rings (SSSR count). The topological polar surface area (TPSA) is 24.1 Å². The number of nitrogens with one attached hydrogen (secondary N) is 2. The third-order valence-electron chi connectivity index (χ3n) is 2.55. The molecule has 2 nitrogen and oxygen atoms in total. The number of thiophene rings is 1. The van der Waals surface area contributed by atoms with Crippen molar-refractivity contribution in [2.45, 2.75) is 12.8 Å². The number of hydrogen-bond donors (Lipinski definition) is 2. The summed E-state index contributed by atoms with van der Waals surface area (Å²) in [4.78, 5) is 1.41. The van der Waals surface area contributed by atoms with Crippen molar-refractivity contribution in [2.24, 2.45) is 0 Å². The molecule has 19 heavy (non-hydrogen) atoms. The molecule has 1 aromatic heterocycles. The zero-order chi connectivity index (χ0) is 13.5. The van der Waals surface area contributed by atoms with Crippen molar-refractivity contribution in [3.63, 3.8) is 0 Å². The lowest BCUT2D eigenvalue weighted by Gasteiger charge is -2.10. The van der Waals surface area contributed by atoms with Crippen molar-refractivity contribution in [1.29, 1.82) is 0 Å². The molecule has 0 saturated heterocycles. The van der Waals surface area contributed by atoms with Gasteiger partial charge in [0.1, 0.15) is 0 Å². The Hall–Kier alpha value is -1.10. The predicted molar refractivity (Wildman–Crippen MR) is 88.3 cm³/mol. The lowest BCUT2D eigenvalue weighted by atomic mass is 10.2. The quantitative estimate of drug-likeness (QED) is 0.635. The average molecular weight is 311 g/mol. The van der Waals surface area contributed by atoms with Gasteiger partial charge in [0, 0.05) is 22.1 Å². The minimum atomic E-state index is 0.633. The summed E-state index contributed by atoms with van der Waals surface area (Å²) in [5.41, 5.74) is 0.906. The highest BCUT2D eigenvalue weighted by Gasteiger charge is 1.98. The molecule has 0 saturated carbocycles. The van der Waals surface area contributed by atoms with E-state index in [4.69, 9.17) is 23.8 Å². The van der Waals surface area contributed by atoms with E-state index < -0.39 is 0 Å². The Morgan fingerprint density at radius 1 is 1.26 bits per heavy atom. The first-order chi connectivity index (χ1) is 9.24. The van der Waals surface area contributed by atoms with Crippen LogP contribution in [0.15, 0.2) is 41.8 Å². The zero-order valence-electron chi connectivity index (χ0n) is 10.4. The highest BCUT2D eigenvalue weighted by molar-refractivity contribution is 7.80. The van der Waals surface area contributed by atoms with Gasteiger partial charge in [-0.05, 0) is 54.7 Å². The van der Waals surface area contributed by atoms with Crippen LogP contribution in [0.3, 0.4) is 0 Å². The third-order valence-corrected chi connectivity index (χ3v) is 3.97. The van der Waals surface area contributed by atoms with E-state index in [1.54, 1.807) is 11.3 Å². The molecule has 0 spiro atoms. The monoisotopic (exact) mass is 310 g/mol. The van der Waals surface area contributed by atoms with Crippen LogP contribution in [0.5, 0.6) is 0 Å². The van der Waals surface area contributed by atoms with Gasteiger partial charge in [0.25, 0.3) is 0 Å². The average Bonchev–Trinajstić information content (AvgIpc) is 2.88. The van der Waals surface area contributed by atoms with Crippen molar-refractivity contribution in [3.8, 4) is 0 Å². The smallest absolute Gasteiger partial charge is 0.170 e. The molecule has 2 aromatic rings. The SMILES string of the molecule is S=C(NCCCc1cccs1)Nc1cccc(Cl)c1. The number of halogens is 1. The molecule has 1 aromatic carbocycles. The van der Waals surface area contributed by atoms with E-state index in [1.807, 2.05) is 24.3 Å². The first-order valence-electron chi connectivity index (χ1n) is 6.07. The van der Waals surface area contributed by atoms with Crippen LogP contribution >= 0.6 is 35.2 Å². The number of thiocarbonyl (C=S) groups is 1. The van der Waals surface area contributed by atoms with Crippen LogP contribution in [0.25, 0.3) is 0 Å². The first-order valence-corrected chi connectivity index (χ1v) is 7.73. The van der Waals surface area contributed by atoms with Gasteiger partial charge < -0.3 is 10.6 Å². The lowest BCUT2D eigenvalue weighted by molar-refractivity contribution is 0.784. The summed E-state index contributed by atoms with van der Waals surface area (Å²) >= 11 is 12.9. The molecule has 100 valence electrons. The van der Waals surface area contributed by atoms with Crippen LogP contribution in [0.2, 0.25) is 5.02 Å². The first kappa shape index (κ1) is 14.3. The highest BCUT2D eigenvalue weighted by atomic mass is 35.5. The molecule has 0 radical (unpaired) electrons. The summed E-state index contributed by atoms with van der Waals surface area (Å²) in [6.45, 7) is 0.865. The Balaban J connectivity index is 1.67. The van der Waals surface area contributed by atoms with E-state index in [1.165, 1.54) is 4.88 Å². The molecule has 0 aliphatic carbocycles. The molecule has 0 atom stereocenters. The van der Waals surface area contributed by atoms with Gasteiger partial charge >= 0.3 is 0 Å². The summed E-state index contributed by atoms with van der Waals surface area (Å²) in [6, 6.07) is 11.8. The molecule has 5 heteroatoms. The van der Waals surface area contributed by atoms with Crippen molar-refractivity contribution < 1.29 is 0 Å². The number of rotatable bonds is 5. The Morgan fingerprint density at radius 2 is 2.16 bits per heavy atom. The van der Waals surface area contributed by atoms with E-state index in [9.17, 15) is 0 Å². The fourth-order valence-corrected chi connectivity index (χ4v) is 2.82. The van der Waals surface area contributed by atoms with E-state index in [-0.39, 0.29) is 0 Å². The minimum Gasteiger partial charge on any atom is -0.362 e. The maximum absolute atomic E-state index is 5.91. The predicted octanol–water partition coefficient (Wildman–Crippen LogP) is 4.32. The van der Waals surface area contributed by atoms with Crippen LogP contribution in [-0.4, -0.2) is 11.7 Å². The van der Waals surface area contributed by atoms with Crippen molar-refractivity contribution in [3.05, 3.63) is 51.7 Å². The molecular formula is C14H15ClN2S2. The maximum atomic E-state index is 5.91. The highest BCUT2D eigenvalue weighted by Crippen LogP contribution is 2.14. The van der Waals surface area contributed by atoms with Crippen LogP contribution in [0.1, 0.15) is 11.3 Å². The fraction of sp³-hybridized carbons (Fsp3) is 0.214. The van der Waals surface area contributed by atoms with Crippen molar-refractivity contribution in [1.82, 2.24) is 5.32 Å². The van der Waals surface area contributed by atoms with Gasteiger partial charge in [-0.1, -0.05) is 23.7 Å². The Bertz CT molecular complexity index is 526. The molecule has 2 N–H and O–H groups in total. The number of benzene rings is 1. The Morgan fingerprint density at radius 3 is 2.89 bits per heavy atom. The molecule has 0 aliphatic heterocycles. The lowest BCUT2D eigenvalue weighted by Crippen LogP contribution is -2.29. The summed E-state index contributed by atoms with van der Waals surface area (Å²) in [5.74, 6) is 0. The minimum absolute atomic E-state index is 0.633. The largest absolute Gasteiger partial charge is 0.362 e. The summed E-state index contributed by atoms with van der Waals surface area (Å²) in [5, 5.41) is 9.75. The van der Waals surface area contributed by atoms with E-state index in [2.05, 4.69) is 28.1 Å². The van der Waals surface area contributed by atoms with E-state index in [0.717, 1.165) is 25.1 Å². The van der Waals surface area contributed by atoms with Gasteiger partial charge in [-0.2, -0.15) is 0 Å². The van der Waals surface area contributed by atoms with Crippen molar-refractivity contribution >= 4 is 46.0 Å². The van der Waals surface area contributed by atoms with Gasteiger partial charge in [0.15, 0.2) is 5.11 Å². The van der Waals surface area contributed by atoms with Crippen LogP contribution in [0, 0.1) is 0 Å². The molecular weight excluding hydrogens is 296 g/mol. The molecule has 1 heterocycles. The van der Waals surface area contributed by atoms with Gasteiger partial charge in [-0.25, -0.2) is 0 Å². The second kappa shape index (κ2) is 7.48. The van der Waals surface area contributed by atoms with Gasteiger partial charge in [-0.3, -0.25) is 0 Å². The van der Waals surface area contributed by atoms with Crippen LogP contribution in [-0.2, 0) is 6.42 Å². The maximum Gasteiger partial charge on any atom is 0.170 e. The zero-order valence-corrected chi connectivity index (χ0v) is 12.7. The van der Waals surface area contributed by atoms with Crippen LogP contribution in [0.4, 0.5) is 5.69 Å². The summed E-state index contributed by atoms with van der Waals surface area (Å²) in [6.07, 6.45) is 2.16. The Kier molecular flexibility index (Phi) is 5.63. The van der Waals surface area contributed by atoms with Gasteiger partial charge in [-0.15, -0.1) is 11.3 Å². The molecule has 0 amide bonds.